The minimum absolute atomic E-state index is 0.599. The number of aromatic nitrogens is 3. The zero-order valence-electron chi connectivity index (χ0n) is 15.3. The van der Waals surface area contributed by atoms with Crippen molar-refractivity contribution in [3.05, 3.63) is 102 Å². The van der Waals surface area contributed by atoms with E-state index in [9.17, 15) is 0 Å². The zero-order chi connectivity index (χ0) is 19.5. The highest BCUT2D eigenvalue weighted by molar-refractivity contribution is 9.10. The summed E-state index contributed by atoms with van der Waals surface area (Å²) in [6.45, 7) is 9.48. The molecular weight excluding hydrogens is 398 g/mol. The Hall–Kier alpha value is -2.85. The third kappa shape index (κ3) is 6.42. The molecule has 0 aliphatic heterocycles. The van der Waals surface area contributed by atoms with E-state index in [1.54, 1.807) is 6.08 Å². The highest BCUT2D eigenvalue weighted by atomic mass is 79.9. The van der Waals surface area contributed by atoms with Crippen LogP contribution in [-0.4, -0.2) is 15.0 Å². The molecule has 0 atom stereocenters. The van der Waals surface area contributed by atoms with E-state index in [1.165, 1.54) is 0 Å². The number of allylic oxidation sites excluding steroid dienone is 9. The molecule has 0 fully saturated rings. The zero-order valence-corrected chi connectivity index (χ0v) is 16.9. The lowest BCUT2D eigenvalue weighted by Gasteiger charge is -2.08. The second-order valence-corrected chi connectivity index (χ2v) is 6.45. The fourth-order valence-corrected chi connectivity index (χ4v) is 2.49. The molecule has 0 spiro atoms. The van der Waals surface area contributed by atoms with Gasteiger partial charge in [-0.15, -0.1) is 6.58 Å². The number of rotatable bonds is 8. The van der Waals surface area contributed by atoms with Gasteiger partial charge in [0.2, 0.25) is 0 Å². The molecule has 1 heterocycles. The van der Waals surface area contributed by atoms with Crippen molar-refractivity contribution in [1.82, 2.24) is 15.0 Å². The van der Waals surface area contributed by atoms with E-state index in [-0.39, 0.29) is 0 Å². The number of nitrogens with zero attached hydrogens (tertiary/aromatic N) is 3. The summed E-state index contributed by atoms with van der Waals surface area (Å²) in [4.78, 5) is 13.9. The summed E-state index contributed by atoms with van der Waals surface area (Å²) in [6, 6.07) is 7.91. The first-order valence-corrected chi connectivity index (χ1v) is 9.38. The summed E-state index contributed by atoms with van der Waals surface area (Å²) < 4.78 is 1.01. The summed E-state index contributed by atoms with van der Waals surface area (Å²) in [5, 5.41) is 0. The molecule has 0 aliphatic carbocycles. The van der Waals surface area contributed by atoms with Gasteiger partial charge in [-0.1, -0.05) is 83.2 Å². The lowest BCUT2D eigenvalue weighted by atomic mass is 10.1. The molecular formula is C23H22BrN3. The number of benzene rings is 1. The Balaban J connectivity index is 2.57. The Morgan fingerprint density at radius 1 is 1.00 bits per heavy atom. The van der Waals surface area contributed by atoms with Gasteiger partial charge in [-0.05, 0) is 31.6 Å². The highest BCUT2D eigenvalue weighted by Crippen LogP contribution is 2.22. The molecule has 0 N–H and O–H groups in total. The van der Waals surface area contributed by atoms with Crippen LogP contribution in [0.4, 0.5) is 0 Å². The van der Waals surface area contributed by atoms with Crippen molar-refractivity contribution in [3.8, 4) is 11.4 Å². The SMILES string of the molecule is C=C/C=C\C=C\c1nc(/C(=C/C=C\C)CC=C)nc(-c2ccc(Br)cc2)n1. The monoisotopic (exact) mass is 419 g/mol. The molecule has 136 valence electrons. The van der Waals surface area contributed by atoms with Crippen molar-refractivity contribution < 1.29 is 0 Å². The standard InChI is InChI=1S/C23H22BrN3/c1-4-7-9-10-13-21-25-22(18(11-6-3)12-8-5-2)27-23(26-21)19-14-16-20(24)17-15-19/h4-10,12-17H,1,3,11H2,2H3/b8-5-,9-7-,13-10+,18-12+. The van der Waals surface area contributed by atoms with Crippen LogP contribution >= 0.6 is 15.9 Å². The van der Waals surface area contributed by atoms with Crippen LogP contribution in [0.25, 0.3) is 23.0 Å². The Morgan fingerprint density at radius 3 is 2.44 bits per heavy atom. The maximum Gasteiger partial charge on any atom is 0.164 e. The van der Waals surface area contributed by atoms with Gasteiger partial charge in [0.1, 0.15) is 0 Å². The van der Waals surface area contributed by atoms with Crippen LogP contribution in [-0.2, 0) is 0 Å². The maximum atomic E-state index is 4.69. The molecule has 0 unspecified atom stereocenters. The van der Waals surface area contributed by atoms with Gasteiger partial charge in [-0.25, -0.2) is 15.0 Å². The Kier molecular flexibility index (Phi) is 8.33. The Bertz CT molecular complexity index is 904. The quantitative estimate of drug-likeness (QED) is 0.357. The summed E-state index contributed by atoms with van der Waals surface area (Å²) in [5.74, 6) is 1.88. The molecule has 0 radical (unpaired) electrons. The Morgan fingerprint density at radius 2 is 1.78 bits per heavy atom. The van der Waals surface area contributed by atoms with E-state index in [0.29, 0.717) is 23.9 Å². The van der Waals surface area contributed by atoms with Gasteiger partial charge in [0.25, 0.3) is 0 Å². The summed E-state index contributed by atoms with van der Waals surface area (Å²) in [7, 11) is 0. The molecule has 1 aromatic carbocycles. The first-order chi connectivity index (χ1) is 13.2. The third-order valence-corrected chi connectivity index (χ3v) is 4.03. The lowest BCUT2D eigenvalue weighted by molar-refractivity contribution is 0.998. The van der Waals surface area contributed by atoms with Crippen molar-refractivity contribution >= 4 is 27.6 Å². The largest absolute Gasteiger partial charge is 0.209 e. The second-order valence-electron chi connectivity index (χ2n) is 5.54. The molecule has 0 amide bonds. The van der Waals surface area contributed by atoms with Crippen LogP contribution in [0, 0.1) is 0 Å². The van der Waals surface area contributed by atoms with E-state index in [1.807, 2.05) is 79.8 Å². The second kappa shape index (κ2) is 11.0. The first-order valence-electron chi connectivity index (χ1n) is 8.58. The van der Waals surface area contributed by atoms with Gasteiger partial charge in [-0.2, -0.15) is 0 Å². The fraction of sp³-hybridized carbons (Fsp3) is 0.0870. The van der Waals surface area contributed by atoms with Crippen LogP contribution in [0.3, 0.4) is 0 Å². The van der Waals surface area contributed by atoms with Crippen LogP contribution in [0.15, 0.2) is 90.5 Å². The van der Waals surface area contributed by atoms with Gasteiger partial charge in [0.15, 0.2) is 17.5 Å². The summed E-state index contributed by atoms with van der Waals surface area (Å²) in [6.07, 6.45) is 17.7. The van der Waals surface area contributed by atoms with E-state index in [0.717, 1.165) is 15.6 Å². The average Bonchev–Trinajstić information content (AvgIpc) is 2.69. The van der Waals surface area contributed by atoms with Gasteiger partial charge in [0.05, 0.1) is 0 Å². The van der Waals surface area contributed by atoms with Gasteiger partial charge in [0, 0.05) is 15.6 Å². The van der Waals surface area contributed by atoms with Crippen LogP contribution in [0.2, 0.25) is 0 Å². The van der Waals surface area contributed by atoms with Crippen molar-refractivity contribution in [1.29, 1.82) is 0 Å². The molecule has 1 aromatic heterocycles. The van der Waals surface area contributed by atoms with Gasteiger partial charge in [-0.3, -0.25) is 0 Å². The number of hydrogen-bond donors (Lipinski definition) is 0. The van der Waals surface area contributed by atoms with E-state index >= 15 is 0 Å². The predicted molar refractivity (Wildman–Crippen MR) is 119 cm³/mol. The molecule has 0 saturated carbocycles. The van der Waals surface area contributed by atoms with Crippen LogP contribution in [0.1, 0.15) is 25.0 Å². The smallest absolute Gasteiger partial charge is 0.164 e. The number of hydrogen-bond acceptors (Lipinski definition) is 3. The maximum absolute atomic E-state index is 4.69. The molecule has 27 heavy (non-hydrogen) atoms. The van der Waals surface area contributed by atoms with E-state index in [4.69, 9.17) is 4.98 Å². The van der Waals surface area contributed by atoms with Crippen LogP contribution in [0.5, 0.6) is 0 Å². The fourth-order valence-electron chi connectivity index (χ4n) is 2.22. The number of halogens is 1. The van der Waals surface area contributed by atoms with Crippen molar-refractivity contribution in [2.24, 2.45) is 0 Å². The average molecular weight is 420 g/mol. The molecule has 2 rings (SSSR count). The van der Waals surface area contributed by atoms with E-state index < -0.39 is 0 Å². The van der Waals surface area contributed by atoms with Crippen molar-refractivity contribution in [3.63, 3.8) is 0 Å². The van der Waals surface area contributed by atoms with Crippen LogP contribution < -0.4 is 0 Å². The van der Waals surface area contributed by atoms with Crippen molar-refractivity contribution in [2.45, 2.75) is 13.3 Å². The lowest BCUT2D eigenvalue weighted by Crippen LogP contribution is -2.02. The molecule has 3 nitrogen and oxygen atoms in total. The molecule has 0 aliphatic rings. The topological polar surface area (TPSA) is 38.7 Å². The van der Waals surface area contributed by atoms with Crippen molar-refractivity contribution in [2.75, 3.05) is 0 Å². The Labute approximate surface area is 169 Å². The highest BCUT2D eigenvalue weighted by Gasteiger charge is 2.10. The first kappa shape index (κ1) is 20.5. The molecule has 0 saturated heterocycles. The summed E-state index contributed by atoms with van der Waals surface area (Å²) in [5.41, 5.74) is 1.92. The van der Waals surface area contributed by atoms with Gasteiger partial charge < -0.3 is 0 Å². The predicted octanol–water partition coefficient (Wildman–Crippen LogP) is 6.59. The third-order valence-electron chi connectivity index (χ3n) is 3.50. The molecule has 2 aromatic rings. The minimum Gasteiger partial charge on any atom is -0.209 e. The molecule has 0 bridgehead atoms. The minimum atomic E-state index is 0.599. The summed E-state index contributed by atoms with van der Waals surface area (Å²) >= 11 is 3.46. The van der Waals surface area contributed by atoms with E-state index in [2.05, 4.69) is 39.1 Å². The van der Waals surface area contributed by atoms with Gasteiger partial charge >= 0.3 is 0 Å². The molecule has 4 heteroatoms. The normalized spacial score (nSPS) is 12.3.